The minimum absolute atomic E-state index is 0.231. The van der Waals surface area contributed by atoms with E-state index in [1.165, 1.54) is 30.9 Å². The summed E-state index contributed by atoms with van der Waals surface area (Å²) in [6.07, 6.45) is 2.64. The van der Waals surface area contributed by atoms with Gasteiger partial charge in [0.1, 0.15) is 6.10 Å². The lowest BCUT2D eigenvalue weighted by Crippen LogP contribution is -2.34. The molecule has 17 heavy (non-hydrogen) atoms. The highest BCUT2D eigenvalue weighted by Crippen LogP contribution is 2.23. The molecular weight excluding hydrogens is 214 g/mol. The first-order chi connectivity index (χ1) is 8.08. The first kappa shape index (κ1) is 12.1. The number of amides is 1. The van der Waals surface area contributed by atoms with Crippen molar-refractivity contribution in [2.24, 2.45) is 0 Å². The standard InChI is InChI=1S/C14H19NO2/c1-10(16)14(17)15(2)9-11-6-7-12-4-3-5-13(12)8-11/h6-8,10,16H,3-5,9H2,1-2H3. The smallest absolute Gasteiger partial charge is 0.251 e. The first-order valence-corrected chi connectivity index (χ1v) is 6.11. The Morgan fingerprint density at radius 1 is 1.41 bits per heavy atom. The average Bonchev–Trinajstić information content (AvgIpc) is 2.74. The highest BCUT2D eigenvalue weighted by Gasteiger charge is 2.16. The molecule has 0 radical (unpaired) electrons. The maximum Gasteiger partial charge on any atom is 0.251 e. The second kappa shape index (κ2) is 4.88. The number of carbonyl (C=O) groups excluding carboxylic acids is 1. The molecule has 1 unspecified atom stereocenters. The van der Waals surface area contributed by atoms with E-state index in [0.717, 1.165) is 12.0 Å². The Labute approximate surface area is 102 Å². The van der Waals surface area contributed by atoms with E-state index in [1.54, 1.807) is 11.9 Å². The van der Waals surface area contributed by atoms with Crippen LogP contribution < -0.4 is 0 Å². The molecule has 0 aliphatic heterocycles. The molecule has 3 heteroatoms. The van der Waals surface area contributed by atoms with Crippen molar-refractivity contribution in [2.75, 3.05) is 7.05 Å². The molecule has 1 aromatic carbocycles. The second-order valence-electron chi connectivity index (χ2n) is 4.83. The Balaban J connectivity index is 2.06. The molecule has 0 saturated heterocycles. The van der Waals surface area contributed by atoms with Gasteiger partial charge in [-0.2, -0.15) is 0 Å². The van der Waals surface area contributed by atoms with Gasteiger partial charge in [0.25, 0.3) is 5.91 Å². The lowest BCUT2D eigenvalue weighted by atomic mass is 10.1. The summed E-state index contributed by atoms with van der Waals surface area (Å²) < 4.78 is 0. The van der Waals surface area contributed by atoms with Gasteiger partial charge >= 0.3 is 0 Å². The number of nitrogens with zero attached hydrogens (tertiary/aromatic N) is 1. The highest BCUT2D eigenvalue weighted by molar-refractivity contribution is 5.79. The van der Waals surface area contributed by atoms with Gasteiger partial charge in [-0.15, -0.1) is 0 Å². The van der Waals surface area contributed by atoms with E-state index >= 15 is 0 Å². The van der Waals surface area contributed by atoms with E-state index in [-0.39, 0.29) is 5.91 Å². The lowest BCUT2D eigenvalue weighted by Gasteiger charge is -2.19. The third-order valence-electron chi connectivity index (χ3n) is 3.32. The topological polar surface area (TPSA) is 40.5 Å². The van der Waals surface area contributed by atoms with Crippen molar-refractivity contribution in [1.82, 2.24) is 4.90 Å². The second-order valence-corrected chi connectivity index (χ2v) is 4.83. The molecule has 0 heterocycles. The average molecular weight is 233 g/mol. The van der Waals surface area contributed by atoms with Crippen LogP contribution in [-0.2, 0) is 24.2 Å². The summed E-state index contributed by atoms with van der Waals surface area (Å²) in [5.41, 5.74) is 4.00. The Bertz CT molecular complexity index is 426. The van der Waals surface area contributed by atoms with Crippen molar-refractivity contribution < 1.29 is 9.90 Å². The molecule has 1 atom stereocenters. The fourth-order valence-electron chi connectivity index (χ4n) is 2.39. The third-order valence-corrected chi connectivity index (χ3v) is 3.32. The summed E-state index contributed by atoms with van der Waals surface area (Å²) in [5, 5.41) is 9.23. The predicted octanol–water partition coefficient (Wildman–Crippen LogP) is 1.51. The number of aliphatic hydroxyl groups excluding tert-OH is 1. The van der Waals surface area contributed by atoms with Crippen LogP contribution >= 0.6 is 0 Å². The van der Waals surface area contributed by atoms with E-state index in [9.17, 15) is 9.90 Å². The zero-order valence-electron chi connectivity index (χ0n) is 10.4. The van der Waals surface area contributed by atoms with Crippen LogP contribution in [0.5, 0.6) is 0 Å². The number of fused-ring (bicyclic) bond motifs is 1. The zero-order chi connectivity index (χ0) is 12.4. The van der Waals surface area contributed by atoms with E-state index in [2.05, 4.69) is 18.2 Å². The number of benzene rings is 1. The van der Waals surface area contributed by atoms with Crippen molar-refractivity contribution in [3.05, 3.63) is 34.9 Å². The molecule has 1 aliphatic rings. The van der Waals surface area contributed by atoms with E-state index in [4.69, 9.17) is 0 Å². The molecule has 3 nitrogen and oxygen atoms in total. The molecule has 1 aromatic rings. The SMILES string of the molecule is CC(O)C(=O)N(C)Cc1ccc2c(c1)CCC2. The lowest BCUT2D eigenvalue weighted by molar-refractivity contribution is -0.138. The summed E-state index contributed by atoms with van der Waals surface area (Å²) >= 11 is 0. The molecule has 2 rings (SSSR count). The van der Waals surface area contributed by atoms with Crippen molar-refractivity contribution in [2.45, 2.75) is 38.8 Å². The van der Waals surface area contributed by atoms with Crippen molar-refractivity contribution >= 4 is 5.91 Å². The number of hydrogen-bond acceptors (Lipinski definition) is 2. The van der Waals surface area contributed by atoms with Crippen LogP contribution in [0.1, 0.15) is 30.0 Å². The summed E-state index contributed by atoms with van der Waals surface area (Å²) in [6.45, 7) is 2.07. The van der Waals surface area contributed by atoms with Crippen molar-refractivity contribution in [1.29, 1.82) is 0 Å². The summed E-state index contributed by atoms with van der Waals surface area (Å²) in [4.78, 5) is 13.1. The summed E-state index contributed by atoms with van der Waals surface area (Å²) in [6, 6.07) is 6.43. The van der Waals surface area contributed by atoms with Crippen LogP contribution in [0.25, 0.3) is 0 Å². The summed E-state index contributed by atoms with van der Waals surface area (Å²) in [5.74, 6) is -0.231. The molecular formula is C14H19NO2. The summed E-state index contributed by atoms with van der Waals surface area (Å²) in [7, 11) is 1.72. The van der Waals surface area contributed by atoms with Gasteiger partial charge in [-0.05, 0) is 42.9 Å². The Morgan fingerprint density at radius 3 is 2.82 bits per heavy atom. The maximum atomic E-state index is 11.6. The van der Waals surface area contributed by atoms with Crippen molar-refractivity contribution in [3.8, 4) is 0 Å². The highest BCUT2D eigenvalue weighted by atomic mass is 16.3. The molecule has 1 aliphatic carbocycles. The van der Waals surface area contributed by atoms with E-state index in [1.807, 2.05) is 0 Å². The van der Waals surface area contributed by atoms with Gasteiger partial charge in [0.15, 0.2) is 0 Å². The molecule has 0 fully saturated rings. The molecule has 1 amide bonds. The number of likely N-dealkylation sites (N-methyl/N-ethyl adjacent to an activating group) is 1. The third kappa shape index (κ3) is 2.67. The number of rotatable bonds is 3. The van der Waals surface area contributed by atoms with Gasteiger partial charge in [0.2, 0.25) is 0 Å². The fraction of sp³-hybridized carbons (Fsp3) is 0.500. The molecule has 0 spiro atoms. The van der Waals surface area contributed by atoms with E-state index < -0.39 is 6.10 Å². The Morgan fingerprint density at radius 2 is 2.12 bits per heavy atom. The predicted molar refractivity (Wildman–Crippen MR) is 66.6 cm³/mol. The molecule has 0 saturated carbocycles. The van der Waals surface area contributed by atoms with Gasteiger partial charge in [0.05, 0.1) is 0 Å². The van der Waals surface area contributed by atoms with Crippen LogP contribution in [0.15, 0.2) is 18.2 Å². The number of aliphatic hydroxyl groups is 1. The van der Waals surface area contributed by atoms with Crippen LogP contribution in [0.3, 0.4) is 0 Å². The normalized spacial score (nSPS) is 15.5. The molecule has 1 N–H and O–H groups in total. The Kier molecular flexibility index (Phi) is 3.48. The van der Waals surface area contributed by atoms with Gasteiger partial charge in [-0.3, -0.25) is 4.79 Å². The first-order valence-electron chi connectivity index (χ1n) is 6.11. The number of aryl methyl sites for hydroxylation is 2. The quantitative estimate of drug-likeness (QED) is 0.859. The van der Waals surface area contributed by atoms with Crippen LogP contribution in [-0.4, -0.2) is 29.1 Å². The minimum Gasteiger partial charge on any atom is -0.384 e. The number of hydrogen-bond donors (Lipinski definition) is 1. The van der Waals surface area contributed by atoms with Crippen molar-refractivity contribution in [3.63, 3.8) is 0 Å². The Hall–Kier alpha value is -1.35. The zero-order valence-corrected chi connectivity index (χ0v) is 10.4. The molecule has 92 valence electrons. The van der Waals surface area contributed by atoms with Crippen LogP contribution in [0, 0.1) is 0 Å². The monoisotopic (exact) mass is 233 g/mol. The minimum atomic E-state index is -0.922. The number of carbonyl (C=O) groups is 1. The largest absolute Gasteiger partial charge is 0.384 e. The van der Waals surface area contributed by atoms with Gasteiger partial charge in [-0.25, -0.2) is 0 Å². The van der Waals surface area contributed by atoms with E-state index in [0.29, 0.717) is 6.54 Å². The molecule has 0 aromatic heterocycles. The molecule has 0 bridgehead atoms. The van der Waals surface area contributed by atoms with Crippen LogP contribution in [0.2, 0.25) is 0 Å². The van der Waals surface area contributed by atoms with Gasteiger partial charge < -0.3 is 10.0 Å². The van der Waals surface area contributed by atoms with Gasteiger partial charge in [0, 0.05) is 13.6 Å². The fourth-order valence-corrected chi connectivity index (χ4v) is 2.39. The van der Waals surface area contributed by atoms with Crippen LogP contribution in [0.4, 0.5) is 0 Å². The maximum absolute atomic E-state index is 11.6. The van der Waals surface area contributed by atoms with Gasteiger partial charge in [-0.1, -0.05) is 18.2 Å².